The van der Waals surface area contributed by atoms with Gasteiger partial charge in [-0.05, 0) is 23.6 Å². The van der Waals surface area contributed by atoms with E-state index in [0.717, 1.165) is 16.7 Å². The van der Waals surface area contributed by atoms with Gasteiger partial charge in [-0.25, -0.2) is 4.79 Å². The molecule has 0 radical (unpaired) electrons. The summed E-state index contributed by atoms with van der Waals surface area (Å²) >= 11 is 0. The molecule has 0 aliphatic heterocycles. The summed E-state index contributed by atoms with van der Waals surface area (Å²) < 4.78 is 44.9. The molecule has 0 atom stereocenters. The molecule has 0 aliphatic rings. The van der Waals surface area contributed by atoms with Crippen LogP contribution in [0.4, 0.5) is 0 Å². The van der Waals surface area contributed by atoms with Crippen LogP contribution in [0.1, 0.15) is 23.6 Å². The van der Waals surface area contributed by atoms with Gasteiger partial charge in [-0.1, -0.05) is 97.6 Å². The van der Waals surface area contributed by atoms with Crippen molar-refractivity contribution in [2.75, 3.05) is 92.5 Å². The lowest BCUT2D eigenvalue weighted by Crippen LogP contribution is -2.34. The molecule has 3 aromatic carbocycles. The third-order valence-electron chi connectivity index (χ3n) is 6.76. The monoisotopic (exact) mass is 636 g/mol. The third-order valence-corrected chi connectivity index (χ3v) is 6.76. The average molecular weight is 637 g/mol. The summed E-state index contributed by atoms with van der Waals surface area (Å²) in [6.45, 7) is 11.2. The van der Waals surface area contributed by atoms with Gasteiger partial charge in [-0.2, -0.15) is 0 Å². The normalized spacial score (nSPS) is 11.4. The van der Waals surface area contributed by atoms with Crippen molar-refractivity contribution in [3.8, 4) is 0 Å². The van der Waals surface area contributed by atoms with Gasteiger partial charge in [0.25, 0.3) is 0 Å². The Morgan fingerprint density at radius 1 is 0.478 bits per heavy atom. The maximum absolute atomic E-state index is 11.2. The zero-order valence-corrected chi connectivity index (χ0v) is 26.9. The van der Waals surface area contributed by atoms with E-state index in [9.17, 15) is 4.79 Å². The molecule has 0 saturated heterocycles. The Labute approximate surface area is 273 Å². The number of hydrogen-bond donors (Lipinski definition) is 0. The van der Waals surface area contributed by atoms with Gasteiger partial charge >= 0.3 is 5.97 Å². The lowest BCUT2D eigenvalue weighted by molar-refractivity contribution is -0.140. The molecule has 0 spiro atoms. The van der Waals surface area contributed by atoms with E-state index in [-0.39, 0.29) is 6.61 Å². The molecule has 0 fully saturated rings. The van der Waals surface area contributed by atoms with E-state index < -0.39 is 11.6 Å². The zero-order chi connectivity index (χ0) is 32.5. The van der Waals surface area contributed by atoms with E-state index in [1.807, 2.05) is 54.6 Å². The van der Waals surface area contributed by atoms with E-state index in [2.05, 4.69) is 43.0 Å². The number of carbonyl (C=O) groups excluding carboxylic acids is 1. The van der Waals surface area contributed by atoms with Gasteiger partial charge < -0.3 is 37.9 Å². The van der Waals surface area contributed by atoms with Crippen molar-refractivity contribution in [3.63, 3.8) is 0 Å². The minimum Gasteiger partial charge on any atom is -0.460 e. The largest absolute Gasteiger partial charge is 0.460 e. The fourth-order valence-electron chi connectivity index (χ4n) is 4.54. The lowest BCUT2D eigenvalue weighted by Gasteiger charge is -2.36. The van der Waals surface area contributed by atoms with Crippen molar-refractivity contribution in [2.45, 2.75) is 12.5 Å². The lowest BCUT2D eigenvalue weighted by atomic mass is 9.80. The molecule has 0 aromatic heterocycles. The molecule has 0 N–H and O–H groups in total. The number of carbonyl (C=O) groups is 1. The van der Waals surface area contributed by atoms with E-state index in [4.69, 9.17) is 37.9 Å². The van der Waals surface area contributed by atoms with E-state index in [1.165, 1.54) is 0 Å². The molecule has 3 aromatic rings. The van der Waals surface area contributed by atoms with Gasteiger partial charge in [0.05, 0.1) is 85.9 Å². The second-order valence-electron chi connectivity index (χ2n) is 10.2. The van der Waals surface area contributed by atoms with Crippen LogP contribution in [0.5, 0.6) is 0 Å². The summed E-state index contributed by atoms with van der Waals surface area (Å²) in [6, 6.07) is 30.9. The van der Waals surface area contributed by atoms with Crippen LogP contribution in [-0.2, 0) is 48.3 Å². The molecule has 0 aliphatic carbocycles. The SMILES string of the molecule is C=C(C)C(=O)OCCOCCOCCOCCOCCOCCOCCOC(c1ccccc1)(c1ccccc1)c1ccccc1. The first kappa shape index (κ1) is 37.1. The molecule has 0 unspecified atom stereocenters. The third kappa shape index (κ3) is 13.5. The molecule has 0 heterocycles. The van der Waals surface area contributed by atoms with Crippen LogP contribution in [0, 0.1) is 0 Å². The highest BCUT2D eigenvalue weighted by Crippen LogP contribution is 2.40. The van der Waals surface area contributed by atoms with Crippen LogP contribution in [0.3, 0.4) is 0 Å². The van der Waals surface area contributed by atoms with Gasteiger partial charge in [0.1, 0.15) is 12.2 Å². The second kappa shape index (κ2) is 23.0. The molecule has 46 heavy (non-hydrogen) atoms. The minimum atomic E-state index is -0.752. The van der Waals surface area contributed by atoms with Gasteiger partial charge in [-0.15, -0.1) is 0 Å². The number of rotatable bonds is 26. The van der Waals surface area contributed by atoms with Crippen LogP contribution in [-0.4, -0.2) is 98.5 Å². The average Bonchev–Trinajstić information content (AvgIpc) is 3.10. The van der Waals surface area contributed by atoms with E-state index >= 15 is 0 Å². The Morgan fingerprint density at radius 3 is 1.07 bits per heavy atom. The Hall–Kier alpha value is -3.41. The van der Waals surface area contributed by atoms with Crippen LogP contribution >= 0.6 is 0 Å². The maximum atomic E-state index is 11.2. The van der Waals surface area contributed by atoms with E-state index in [1.54, 1.807) is 6.92 Å². The van der Waals surface area contributed by atoms with E-state index in [0.29, 0.717) is 91.5 Å². The van der Waals surface area contributed by atoms with Crippen LogP contribution < -0.4 is 0 Å². The highest BCUT2D eigenvalue weighted by atomic mass is 16.6. The smallest absolute Gasteiger partial charge is 0.333 e. The number of hydrogen-bond acceptors (Lipinski definition) is 9. The van der Waals surface area contributed by atoms with Gasteiger partial charge in [0.15, 0.2) is 0 Å². The summed E-state index contributed by atoms with van der Waals surface area (Å²) in [5, 5.41) is 0. The van der Waals surface area contributed by atoms with Crippen LogP contribution in [0.15, 0.2) is 103 Å². The first-order valence-corrected chi connectivity index (χ1v) is 15.7. The van der Waals surface area contributed by atoms with Crippen molar-refractivity contribution >= 4 is 5.97 Å². The molecular weight excluding hydrogens is 588 g/mol. The molecular formula is C37H48O9. The summed E-state index contributed by atoms with van der Waals surface area (Å²) in [4.78, 5) is 11.2. The Kier molecular flexibility index (Phi) is 18.5. The van der Waals surface area contributed by atoms with Gasteiger partial charge in [0.2, 0.25) is 0 Å². The number of ether oxygens (including phenoxy) is 8. The standard InChI is InChI=1S/C37H48O9/c1-32(2)36(38)45-30-28-43-26-24-41-22-20-39-18-19-40-21-23-42-25-27-44-29-31-46-37(33-12-6-3-7-13-33,34-14-8-4-9-15-34)35-16-10-5-11-17-35/h3-17H,1,18-31H2,2H3. The number of benzene rings is 3. The predicted molar refractivity (Wildman–Crippen MR) is 176 cm³/mol. The molecule has 0 bridgehead atoms. The van der Waals surface area contributed by atoms with Crippen LogP contribution in [0.2, 0.25) is 0 Å². The molecule has 0 saturated carbocycles. The van der Waals surface area contributed by atoms with Gasteiger partial charge in [-0.3, -0.25) is 0 Å². The van der Waals surface area contributed by atoms with Crippen molar-refractivity contribution in [1.82, 2.24) is 0 Å². The molecule has 0 amide bonds. The summed E-state index contributed by atoms with van der Waals surface area (Å²) in [7, 11) is 0. The van der Waals surface area contributed by atoms with Crippen molar-refractivity contribution in [2.24, 2.45) is 0 Å². The first-order chi connectivity index (χ1) is 22.6. The summed E-state index contributed by atoms with van der Waals surface area (Å²) in [6.07, 6.45) is 0. The molecule has 3 rings (SSSR count). The highest BCUT2D eigenvalue weighted by Gasteiger charge is 2.37. The summed E-state index contributed by atoms with van der Waals surface area (Å²) in [5.74, 6) is -0.411. The molecule has 250 valence electrons. The maximum Gasteiger partial charge on any atom is 0.333 e. The van der Waals surface area contributed by atoms with Crippen molar-refractivity contribution in [1.29, 1.82) is 0 Å². The number of esters is 1. The Bertz CT molecular complexity index is 1110. The van der Waals surface area contributed by atoms with Crippen LogP contribution in [0.25, 0.3) is 0 Å². The first-order valence-electron chi connectivity index (χ1n) is 15.7. The zero-order valence-electron chi connectivity index (χ0n) is 26.9. The Morgan fingerprint density at radius 2 is 0.761 bits per heavy atom. The Balaban J connectivity index is 1.19. The topological polar surface area (TPSA) is 90.9 Å². The van der Waals surface area contributed by atoms with Crippen molar-refractivity contribution < 1.29 is 42.7 Å². The fourth-order valence-corrected chi connectivity index (χ4v) is 4.54. The van der Waals surface area contributed by atoms with Gasteiger partial charge in [0, 0.05) is 5.57 Å². The second-order valence-corrected chi connectivity index (χ2v) is 10.2. The highest BCUT2D eigenvalue weighted by molar-refractivity contribution is 5.86. The minimum absolute atomic E-state index is 0.199. The molecule has 9 nitrogen and oxygen atoms in total. The fraction of sp³-hybridized carbons (Fsp3) is 0.432. The summed E-state index contributed by atoms with van der Waals surface area (Å²) in [5.41, 5.74) is 2.81. The quantitative estimate of drug-likeness (QED) is 0.0510. The predicted octanol–water partition coefficient (Wildman–Crippen LogP) is 5.21. The molecule has 9 heteroatoms. The van der Waals surface area contributed by atoms with Crippen molar-refractivity contribution in [3.05, 3.63) is 120 Å².